The van der Waals surface area contributed by atoms with Gasteiger partial charge in [0.05, 0.1) is 16.6 Å². The molecule has 0 aliphatic rings. The van der Waals surface area contributed by atoms with Crippen molar-refractivity contribution >= 4 is 21.1 Å². The quantitative estimate of drug-likeness (QED) is 0.468. The van der Waals surface area contributed by atoms with Crippen molar-refractivity contribution in [2.45, 2.75) is 23.9 Å². The first-order chi connectivity index (χ1) is 14.3. The fourth-order valence-corrected chi connectivity index (χ4v) is 5.04. The first-order valence-corrected chi connectivity index (χ1v) is 10.5. The minimum Gasteiger partial charge on any atom is -0.264 e. The lowest BCUT2D eigenvalue weighted by molar-refractivity contribution is -0.139. The van der Waals surface area contributed by atoms with Crippen LogP contribution in [-0.4, -0.2) is 22.4 Å². The number of benzene rings is 2. The van der Waals surface area contributed by atoms with Crippen molar-refractivity contribution in [3.63, 3.8) is 0 Å². The SMILES string of the molecule is O=S(=O)(c1ccccc1C(F)(F)F)n1c(CCc2cccnc2)nc2ccccc21. The molecule has 0 bridgehead atoms. The van der Waals surface area contributed by atoms with Crippen molar-refractivity contribution in [1.82, 2.24) is 13.9 Å². The third kappa shape index (κ3) is 3.68. The zero-order chi connectivity index (χ0) is 21.4. The van der Waals surface area contributed by atoms with Crippen LogP contribution in [0.5, 0.6) is 0 Å². The number of imidazole rings is 1. The van der Waals surface area contributed by atoms with Gasteiger partial charge in [0, 0.05) is 18.8 Å². The number of pyridine rings is 1. The van der Waals surface area contributed by atoms with E-state index in [1.54, 1.807) is 36.7 Å². The Morgan fingerprint density at radius 3 is 2.37 bits per heavy atom. The molecule has 0 aliphatic heterocycles. The van der Waals surface area contributed by atoms with Crippen LogP contribution >= 0.6 is 0 Å². The van der Waals surface area contributed by atoms with E-state index in [1.807, 2.05) is 6.07 Å². The van der Waals surface area contributed by atoms with Gasteiger partial charge in [0.15, 0.2) is 0 Å². The number of rotatable bonds is 5. The standard InChI is InChI=1S/C21H16F3N3O2S/c22-21(23,24)16-7-1-4-10-19(16)30(28,29)27-18-9-3-2-8-17(18)26-20(27)12-11-15-6-5-13-25-14-15/h1-10,13-14H,11-12H2. The number of aromatic nitrogens is 3. The maximum absolute atomic E-state index is 13.5. The Kier molecular flexibility index (Phi) is 5.07. The fraction of sp³-hybridized carbons (Fsp3) is 0.143. The van der Waals surface area contributed by atoms with Crippen LogP contribution in [0.1, 0.15) is 17.0 Å². The number of hydrogen-bond acceptors (Lipinski definition) is 4. The first-order valence-electron chi connectivity index (χ1n) is 9.05. The highest BCUT2D eigenvalue weighted by Crippen LogP contribution is 2.36. The van der Waals surface area contributed by atoms with Gasteiger partial charge in [0.1, 0.15) is 10.7 Å². The fourth-order valence-electron chi connectivity index (χ4n) is 3.31. The molecule has 4 rings (SSSR count). The molecule has 0 atom stereocenters. The zero-order valence-corrected chi connectivity index (χ0v) is 16.4. The number of halogens is 3. The van der Waals surface area contributed by atoms with E-state index in [0.717, 1.165) is 27.7 Å². The van der Waals surface area contributed by atoms with E-state index >= 15 is 0 Å². The van der Waals surface area contributed by atoms with Crippen LogP contribution in [0.4, 0.5) is 13.2 Å². The number of fused-ring (bicyclic) bond motifs is 1. The summed E-state index contributed by atoms with van der Waals surface area (Å²) in [5.41, 5.74) is 0.285. The van der Waals surface area contributed by atoms with Gasteiger partial charge in [-0.1, -0.05) is 30.3 Å². The topological polar surface area (TPSA) is 64.8 Å². The lowest BCUT2D eigenvalue weighted by Crippen LogP contribution is -2.21. The van der Waals surface area contributed by atoms with Crippen LogP contribution in [0, 0.1) is 0 Å². The van der Waals surface area contributed by atoms with Gasteiger partial charge in [-0.3, -0.25) is 4.98 Å². The molecule has 0 N–H and O–H groups in total. The molecule has 0 unspecified atom stereocenters. The second-order valence-corrected chi connectivity index (χ2v) is 8.40. The van der Waals surface area contributed by atoms with E-state index in [0.29, 0.717) is 11.9 Å². The largest absolute Gasteiger partial charge is 0.417 e. The number of para-hydroxylation sites is 2. The molecule has 2 aromatic carbocycles. The van der Waals surface area contributed by atoms with Gasteiger partial charge in [-0.05, 0) is 42.3 Å². The van der Waals surface area contributed by atoms with Crippen molar-refractivity contribution in [2.75, 3.05) is 0 Å². The van der Waals surface area contributed by atoms with Crippen molar-refractivity contribution in [1.29, 1.82) is 0 Å². The number of aryl methyl sites for hydroxylation is 2. The Bertz CT molecular complexity index is 1300. The van der Waals surface area contributed by atoms with Gasteiger partial charge < -0.3 is 0 Å². The van der Waals surface area contributed by atoms with Crippen molar-refractivity contribution in [3.8, 4) is 0 Å². The lowest BCUT2D eigenvalue weighted by atomic mass is 10.1. The Morgan fingerprint density at radius 1 is 0.900 bits per heavy atom. The number of alkyl halides is 3. The number of hydrogen-bond donors (Lipinski definition) is 0. The summed E-state index contributed by atoms with van der Waals surface area (Å²) >= 11 is 0. The van der Waals surface area contributed by atoms with E-state index in [2.05, 4.69) is 9.97 Å². The second-order valence-electron chi connectivity index (χ2n) is 6.64. The summed E-state index contributed by atoms with van der Waals surface area (Å²) < 4.78 is 68.3. The molecule has 2 heterocycles. The van der Waals surface area contributed by atoms with Crippen LogP contribution in [0.2, 0.25) is 0 Å². The molecule has 4 aromatic rings. The van der Waals surface area contributed by atoms with E-state index in [9.17, 15) is 21.6 Å². The average Bonchev–Trinajstić information content (AvgIpc) is 3.11. The summed E-state index contributed by atoms with van der Waals surface area (Å²) in [5.74, 6) is 0.164. The summed E-state index contributed by atoms with van der Waals surface area (Å²) in [7, 11) is -4.55. The summed E-state index contributed by atoms with van der Waals surface area (Å²) in [6, 6.07) is 14.3. The van der Waals surface area contributed by atoms with Gasteiger partial charge in [-0.15, -0.1) is 0 Å². The number of nitrogens with zero attached hydrogens (tertiary/aromatic N) is 3. The Morgan fingerprint density at radius 2 is 1.63 bits per heavy atom. The van der Waals surface area contributed by atoms with Crippen molar-refractivity contribution in [2.24, 2.45) is 0 Å². The van der Waals surface area contributed by atoms with E-state index in [4.69, 9.17) is 0 Å². The summed E-state index contributed by atoms with van der Waals surface area (Å²) in [6.45, 7) is 0. The van der Waals surface area contributed by atoms with Gasteiger partial charge in [0.2, 0.25) is 0 Å². The van der Waals surface area contributed by atoms with Crippen LogP contribution in [0.15, 0.2) is 78.0 Å². The maximum Gasteiger partial charge on any atom is 0.417 e. The van der Waals surface area contributed by atoms with Gasteiger partial charge in [-0.25, -0.2) is 17.4 Å². The molecule has 5 nitrogen and oxygen atoms in total. The Labute approximate surface area is 170 Å². The van der Waals surface area contributed by atoms with Crippen LogP contribution in [-0.2, 0) is 29.0 Å². The highest BCUT2D eigenvalue weighted by molar-refractivity contribution is 7.90. The van der Waals surface area contributed by atoms with Gasteiger partial charge >= 0.3 is 6.18 Å². The minimum atomic E-state index is -4.81. The molecule has 154 valence electrons. The first kappa shape index (κ1) is 20.1. The Balaban J connectivity index is 1.88. The van der Waals surface area contributed by atoms with E-state index < -0.39 is 26.7 Å². The normalized spacial score (nSPS) is 12.4. The maximum atomic E-state index is 13.5. The molecule has 0 amide bonds. The molecule has 0 fully saturated rings. The molecular formula is C21H16F3N3O2S. The molecule has 0 radical (unpaired) electrons. The molecule has 0 saturated heterocycles. The third-order valence-corrected chi connectivity index (χ3v) is 6.46. The predicted octanol–water partition coefficient (Wildman–Crippen LogP) is 4.47. The average molecular weight is 431 g/mol. The van der Waals surface area contributed by atoms with Crippen LogP contribution in [0.3, 0.4) is 0 Å². The smallest absolute Gasteiger partial charge is 0.264 e. The van der Waals surface area contributed by atoms with Crippen LogP contribution in [0.25, 0.3) is 11.0 Å². The summed E-state index contributed by atoms with van der Waals surface area (Å²) in [6.07, 6.45) is -0.880. The van der Waals surface area contributed by atoms with Crippen molar-refractivity contribution < 1.29 is 21.6 Å². The molecule has 9 heteroatoms. The summed E-state index contributed by atoms with van der Waals surface area (Å²) in [4.78, 5) is 7.62. The van der Waals surface area contributed by atoms with Crippen LogP contribution < -0.4 is 0 Å². The van der Waals surface area contributed by atoms with Gasteiger partial charge in [0.25, 0.3) is 10.0 Å². The monoisotopic (exact) mass is 431 g/mol. The summed E-state index contributed by atoms with van der Waals surface area (Å²) in [5, 5.41) is 0. The molecule has 0 spiro atoms. The highest BCUT2D eigenvalue weighted by Gasteiger charge is 2.38. The zero-order valence-electron chi connectivity index (χ0n) is 15.5. The lowest BCUT2D eigenvalue weighted by Gasteiger charge is -2.15. The third-order valence-electron chi connectivity index (χ3n) is 4.66. The molecule has 0 aliphatic carbocycles. The Hall–Kier alpha value is -3.20. The van der Waals surface area contributed by atoms with E-state index in [-0.39, 0.29) is 17.8 Å². The second kappa shape index (κ2) is 7.56. The van der Waals surface area contributed by atoms with Gasteiger partial charge in [-0.2, -0.15) is 13.2 Å². The predicted molar refractivity (Wildman–Crippen MR) is 105 cm³/mol. The van der Waals surface area contributed by atoms with E-state index in [1.165, 1.54) is 12.1 Å². The molecule has 2 aromatic heterocycles. The highest BCUT2D eigenvalue weighted by atomic mass is 32.2. The van der Waals surface area contributed by atoms with Crippen molar-refractivity contribution in [3.05, 3.63) is 90.0 Å². The minimum absolute atomic E-state index is 0.164. The molecule has 0 saturated carbocycles. The molecular weight excluding hydrogens is 415 g/mol. The molecule has 30 heavy (non-hydrogen) atoms.